The average molecular weight is 258 g/mol. The molecular formula is C14H18N4O. The Morgan fingerprint density at radius 1 is 1.53 bits per heavy atom. The molecule has 1 amide bonds. The van der Waals surface area contributed by atoms with Crippen LogP contribution in [0.1, 0.15) is 19.8 Å². The number of rotatable bonds is 4. The second-order valence-corrected chi connectivity index (χ2v) is 5.47. The van der Waals surface area contributed by atoms with E-state index in [2.05, 4.69) is 22.3 Å². The van der Waals surface area contributed by atoms with Crippen LogP contribution in [0.25, 0.3) is 11.0 Å². The smallest absolute Gasteiger partial charge is 0.241 e. The lowest BCUT2D eigenvalue weighted by molar-refractivity contribution is -0.122. The molecule has 0 bridgehead atoms. The Kier molecular flexibility index (Phi) is 3.19. The molecular weight excluding hydrogens is 240 g/mol. The van der Waals surface area contributed by atoms with Gasteiger partial charge in [-0.25, -0.2) is 9.67 Å². The van der Waals surface area contributed by atoms with E-state index in [0.717, 1.165) is 23.5 Å². The highest BCUT2D eigenvalue weighted by Gasteiger charge is 2.25. The van der Waals surface area contributed by atoms with Gasteiger partial charge in [-0.1, -0.05) is 6.92 Å². The first-order chi connectivity index (χ1) is 9.22. The summed E-state index contributed by atoms with van der Waals surface area (Å²) < 4.78 is 1.65. The van der Waals surface area contributed by atoms with Crippen LogP contribution in [0.5, 0.6) is 0 Å². The Bertz CT molecular complexity index is 586. The van der Waals surface area contributed by atoms with E-state index in [9.17, 15) is 4.79 Å². The van der Waals surface area contributed by atoms with Crippen molar-refractivity contribution in [3.05, 3.63) is 24.5 Å². The fourth-order valence-corrected chi connectivity index (χ4v) is 2.71. The molecule has 1 fully saturated rings. The van der Waals surface area contributed by atoms with Gasteiger partial charge < -0.3 is 5.32 Å². The van der Waals surface area contributed by atoms with Gasteiger partial charge in [0.1, 0.15) is 6.54 Å². The minimum Gasteiger partial charge on any atom is -0.354 e. The van der Waals surface area contributed by atoms with Crippen molar-refractivity contribution in [2.75, 3.05) is 6.54 Å². The molecule has 100 valence electrons. The Hall–Kier alpha value is -1.91. The number of pyridine rings is 1. The van der Waals surface area contributed by atoms with Gasteiger partial charge in [-0.2, -0.15) is 5.10 Å². The summed E-state index contributed by atoms with van der Waals surface area (Å²) >= 11 is 0. The van der Waals surface area contributed by atoms with Gasteiger partial charge in [-0.3, -0.25) is 4.79 Å². The zero-order valence-electron chi connectivity index (χ0n) is 11.0. The van der Waals surface area contributed by atoms with Crippen LogP contribution in [-0.2, 0) is 11.3 Å². The number of nitrogens with one attached hydrogen (secondary N) is 1. The third-order valence-corrected chi connectivity index (χ3v) is 3.75. The summed E-state index contributed by atoms with van der Waals surface area (Å²) in [5.41, 5.74) is 0.759. The number of carbonyl (C=O) groups excluding carboxylic acids is 1. The maximum absolute atomic E-state index is 11.9. The maximum atomic E-state index is 11.9. The second kappa shape index (κ2) is 4.99. The molecule has 2 aromatic heterocycles. The topological polar surface area (TPSA) is 59.8 Å². The van der Waals surface area contributed by atoms with Crippen molar-refractivity contribution in [3.63, 3.8) is 0 Å². The van der Waals surface area contributed by atoms with E-state index in [1.807, 2.05) is 12.1 Å². The van der Waals surface area contributed by atoms with Gasteiger partial charge in [-0.05, 0) is 36.8 Å². The molecule has 0 atom stereocenters. The van der Waals surface area contributed by atoms with Crippen LogP contribution in [0, 0.1) is 11.8 Å². The molecule has 0 unspecified atom stereocenters. The van der Waals surface area contributed by atoms with Crippen molar-refractivity contribution in [1.29, 1.82) is 0 Å². The number of hydrogen-bond donors (Lipinski definition) is 1. The summed E-state index contributed by atoms with van der Waals surface area (Å²) in [6.07, 6.45) is 5.91. The van der Waals surface area contributed by atoms with Gasteiger partial charge in [0.05, 0.1) is 6.20 Å². The molecule has 1 aliphatic carbocycles. The zero-order valence-corrected chi connectivity index (χ0v) is 11.0. The number of nitrogens with zero attached hydrogens (tertiary/aromatic N) is 3. The van der Waals surface area contributed by atoms with Crippen LogP contribution < -0.4 is 5.32 Å². The van der Waals surface area contributed by atoms with Crippen molar-refractivity contribution in [1.82, 2.24) is 20.1 Å². The Morgan fingerprint density at radius 2 is 2.37 bits per heavy atom. The molecule has 5 nitrogen and oxygen atoms in total. The minimum atomic E-state index is 0.00945. The van der Waals surface area contributed by atoms with Gasteiger partial charge in [0.15, 0.2) is 5.65 Å². The first kappa shape index (κ1) is 12.1. The predicted molar refractivity (Wildman–Crippen MR) is 72.4 cm³/mol. The van der Waals surface area contributed by atoms with Crippen LogP contribution in [0.2, 0.25) is 0 Å². The Morgan fingerprint density at radius 3 is 3.16 bits per heavy atom. The number of amides is 1. The van der Waals surface area contributed by atoms with E-state index in [4.69, 9.17) is 0 Å². The molecule has 0 aliphatic heterocycles. The largest absolute Gasteiger partial charge is 0.354 e. The van der Waals surface area contributed by atoms with Crippen molar-refractivity contribution < 1.29 is 4.79 Å². The highest BCUT2D eigenvalue weighted by Crippen LogP contribution is 2.32. The average Bonchev–Trinajstić information content (AvgIpc) is 2.77. The van der Waals surface area contributed by atoms with Crippen molar-refractivity contribution in [2.45, 2.75) is 26.3 Å². The fraction of sp³-hybridized carbons (Fsp3) is 0.500. The predicted octanol–water partition coefficient (Wildman–Crippen LogP) is 1.59. The first-order valence-electron chi connectivity index (χ1n) is 6.75. The van der Waals surface area contributed by atoms with E-state index < -0.39 is 0 Å². The fourth-order valence-electron chi connectivity index (χ4n) is 2.71. The molecule has 0 aromatic carbocycles. The van der Waals surface area contributed by atoms with Gasteiger partial charge in [-0.15, -0.1) is 0 Å². The van der Waals surface area contributed by atoms with Crippen molar-refractivity contribution in [3.8, 4) is 0 Å². The van der Waals surface area contributed by atoms with Gasteiger partial charge in [0.2, 0.25) is 5.91 Å². The monoisotopic (exact) mass is 258 g/mol. The normalized spacial score (nSPS) is 22.2. The minimum absolute atomic E-state index is 0.00945. The lowest BCUT2D eigenvalue weighted by atomic mass is 9.76. The Balaban J connectivity index is 1.57. The summed E-state index contributed by atoms with van der Waals surface area (Å²) in [6, 6.07) is 3.81. The highest BCUT2D eigenvalue weighted by molar-refractivity contribution is 5.79. The van der Waals surface area contributed by atoms with Crippen LogP contribution >= 0.6 is 0 Å². The zero-order chi connectivity index (χ0) is 13.2. The number of hydrogen-bond acceptors (Lipinski definition) is 3. The SMILES string of the molecule is CC1CC(CNC(=O)Cn2ncc3cccnc32)C1. The molecule has 1 saturated carbocycles. The molecule has 2 heterocycles. The third kappa shape index (κ3) is 2.59. The van der Waals surface area contributed by atoms with Gasteiger partial charge >= 0.3 is 0 Å². The van der Waals surface area contributed by atoms with Crippen molar-refractivity contribution in [2.24, 2.45) is 11.8 Å². The summed E-state index contributed by atoms with van der Waals surface area (Å²) in [5, 5.41) is 8.14. The van der Waals surface area contributed by atoms with Crippen LogP contribution in [0.4, 0.5) is 0 Å². The summed E-state index contributed by atoms with van der Waals surface area (Å²) in [6.45, 7) is 3.28. The molecule has 0 radical (unpaired) electrons. The number of carbonyl (C=O) groups is 1. The molecule has 1 N–H and O–H groups in total. The Labute approximate surface area is 112 Å². The summed E-state index contributed by atoms with van der Waals surface area (Å²) in [4.78, 5) is 16.1. The first-order valence-corrected chi connectivity index (χ1v) is 6.75. The summed E-state index contributed by atoms with van der Waals surface area (Å²) in [7, 11) is 0. The molecule has 2 aromatic rings. The molecule has 19 heavy (non-hydrogen) atoms. The van der Waals surface area contributed by atoms with E-state index in [1.54, 1.807) is 17.1 Å². The molecule has 3 rings (SSSR count). The lowest BCUT2D eigenvalue weighted by Gasteiger charge is -2.32. The van der Waals surface area contributed by atoms with Crippen LogP contribution in [0.3, 0.4) is 0 Å². The van der Waals surface area contributed by atoms with E-state index in [-0.39, 0.29) is 12.5 Å². The quantitative estimate of drug-likeness (QED) is 0.906. The van der Waals surface area contributed by atoms with Crippen LogP contribution in [-0.4, -0.2) is 27.2 Å². The molecule has 5 heteroatoms. The van der Waals surface area contributed by atoms with Gasteiger partial charge in [0, 0.05) is 18.1 Å². The standard InChI is InChI=1S/C14H18N4O/c1-10-5-11(6-10)7-16-13(19)9-18-14-12(8-17-18)3-2-4-15-14/h2-4,8,10-11H,5-7,9H2,1H3,(H,16,19). The third-order valence-electron chi connectivity index (χ3n) is 3.75. The molecule has 0 spiro atoms. The van der Waals surface area contributed by atoms with E-state index >= 15 is 0 Å². The lowest BCUT2D eigenvalue weighted by Crippen LogP contribution is -2.36. The van der Waals surface area contributed by atoms with Gasteiger partial charge in [0.25, 0.3) is 0 Å². The summed E-state index contributed by atoms with van der Waals surface area (Å²) in [5.74, 6) is 1.49. The second-order valence-electron chi connectivity index (χ2n) is 5.47. The number of fused-ring (bicyclic) bond motifs is 1. The van der Waals surface area contributed by atoms with Crippen molar-refractivity contribution >= 4 is 16.9 Å². The molecule has 1 aliphatic rings. The van der Waals surface area contributed by atoms with Crippen LogP contribution in [0.15, 0.2) is 24.5 Å². The number of aromatic nitrogens is 3. The molecule has 0 saturated heterocycles. The van der Waals surface area contributed by atoms with E-state index in [1.165, 1.54) is 12.8 Å². The maximum Gasteiger partial charge on any atom is 0.241 e. The highest BCUT2D eigenvalue weighted by atomic mass is 16.2. The van der Waals surface area contributed by atoms with E-state index in [0.29, 0.717) is 5.92 Å².